The quantitative estimate of drug-likeness (QED) is 0.290. The highest BCUT2D eigenvalue weighted by Crippen LogP contribution is 2.40. The Kier molecular flexibility index (Phi) is 7.26. The smallest absolute Gasteiger partial charge is 0.295 e. The number of hydrogen-bond donors (Lipinski definition) is 1. The van der Waals surface area contributed by atoms with Crippen LogP contribution in [0.3, 0.4) is 0 Å². The normalized spacial score (nSPS) is 17.9. The zero-order valence-electron chi connectivity index (χ0n) is 18.0. The molecule has 1 amide bonds. The van der Waals surface area contributed by atoms with Crippen molar-refractivity contribution in [1.29, 1.82) is 0 Å². The maximum Gasteiger partial charge on any atom is 0.295 e. The summed E-state index contributed by atoms with van der Waals surface area (Å²) in [7, 11) is 3.92. The highest BCUT2D eigenvalue weighted by molar-refractivity contribution is 6.46. The minimum atomic E-state index is -0.686. The van der Waals surface area contributed by atoms with E-state index in [1.54, 1.807) is 41.3 Å². The predicted molar refractivity (Wildman–Crippen MR) is 121 cm³/mol. The SMILES string of the molecule is C=CCOc1cccc(C2C(=C(O)c3ccccc3)C(=O)C(=O)N2CCCN(C)C)c1. The molecular weight excluding hydrogens is 392 g/mol. The highest BCUT2D eigenvalue weighted by atomic mass is 16.5. The molecule has 1 N–H and O–H groups in total. The second-order valence-corrected chi connectivity index (χ2v) is 7.69. The molecule has 0 aromatic heterocycles. The standard InChI is InChI=1S/C25H28N2O4/c1-4-16-31-20-13-8-12-19(17-20)22-21(23(28)18-10-6-5-7-11-18)24(29)25(30)27(22)15-9-14-26(2)3/h4-8,10-13,17,22,28H,1,9,14-16H2,2-3H3. The van der Waals surface area contributed by atoms with Crippen LogP contribution in [0, 0.1) is 0 Å². The van der Waals surface area contributed by atoms with Gasteiger partial charge in [-0.2, -0.15) is 0 Å². The molecule has 1 saturated heterocycles. The first-order valence-corrected chi connectivity index (χ1v) is 10.3. The van der Waals surface area contributed by atoms with Crippen LogP contribution in [0.2, 0.25) is 0 Å². The van der Waals surface area contributed by atoms with Gasteiger partial charge in [-0.15, -0.1) is 0 Å². The van der Waals surface area contributed by atoms with Crippen LogP contribution in [-0.2, 0) is 9.59 Å². The second kappa shape index (κ2) is 10.1. The number of carbonyl (C=O) groups excluding carboxylic acids is 2. The van der Waals surface area contributed by atoms with Gasteiger partial charge in [-0.3, -0.25) is 9.59 Å². The summed E-state index contributed by atoms with van der Waals surface area (Å²) >= 11 is 0. The first-order chi connectivity index (χ1) is 14.9. The van der Waals surface area contributed by atoms with Crippen molar-refractivity contribution < 1.29 is 19.4 Å². The molecular formula is C25H28N2O4. The Morgan fingerprint density at radius 2 is 1.90 bits per heavy atom. The van der Waals surface area contributed by atoms with E-state index in [1.807, 2.05) is 43.3 Å². The summed E-state index contributed by atoms with van der Waals surface area (Å²) < 4.78 is 5.65. The van der Waals surface area contributed by atoms with Crippen molar-refractivity contribution in [2.45, 2.75) is 12.5 Å². The van der Waals surface area contributed by atoms with E-state index in [0.29, 0.717) is 36.4 Å². The van der Waals surface area contributed by atoms with Crippen LogP contribution in [0.25, 0.3) is 5.76 Å². The van der Waals surface area contributed by atoms with Crippen LogP contribution in [0.5, 0.6) is 5.75 Å². The van der Waals surface area contributed by atoms with Crippen molar-refractivity contribution in [1.82, 2.24) is 9.80 Å². The van der Waals surface area contributed by atoms with Gasteiger partial charge >= 0.3 is 0 Å². The minimum Gasteiger partial charge on any atom is -0.507 e. The average molecular weight is 421 g/mol. The fourth-order valence-corrected chi connectivity index (χ4v) is 3.70. The van der Waals surface area contributed by atoms with Gasteiger partial charge in [0.25, 0.3) is 11.7 Å². The van der Waals surface area contributed by atoms with Gasteiger partial charge in [-0.1, -0.05) is 55.1 Å². The lowest BCUT2D eigenvalue weighted by atomic mass is 9.95. The zero-order valence-corrected chi connectivity index (χ0v) is 18.0. The third-order valence-electron chi connectivity index (χ3n) is 5.13. The van der Waals surface area contributed by atoms with Crippen LogP contribution in [-0.4, -0.2) is 60.4 Å². The fraction of sp³-hybridized carbons (Fsp3) is 0.280. The molecule has 2 aromatic carbocycles. The second-order valence-electron chi connectivity index (χ2n) is 7.69. The molecule has 6 heteroatoms. The summed E-state index contributed by atoms with van der Waals surface area (Å²) in [4.78, 5) is 29.5. The molecule has 0 bridgehead atoms. The Bertz CT molecular complexity index is 982. The number of Topliss-reactive ketones (excluding diaryl/α,β-unsaturated/α-hetero) is 1. The molecule has 1 heterocycles. The summed E-state index contributed by atoms with van der Waals surface area (Å²) in [5.74, 6) is -0.834. The van der Waals surface area contributed by atoms with Crippen molar-refractivity contribution in [3.63, 3.8) is 0 Å². The van der Waals surface area contributed by atoms with Gasteiger partial charge < -0.3 is 19.6 Å². The van der Waals surface area contributed by atoms with Gasteiger partial charge in [0.2, 0.25) is 0 Å². The molecule has 6 nitrogen and oxygen atoms in total. The Hall–Kier alpha value is -3.38. The number of likely N-dealkylation sites (tertiary alicyclic amines) is 1. The maximum absolute atomic E-state index is 13.0. The monoisotopic (exact) mass is 420 g/mol. The number of ketones is 1. The van der Waals surface area contributed by atoms with Crippen molar-refractivity contribution in [2.75, 3.05) is 33.8 Å². The van der Waals surface area contributed by atoms with E-state index in [4.69, 9.17) is 4.74 Å². The van der Waals surface area contributed by atoms with Crippen LogP contribution in [0.15, 0.2) is 72.8 Å². The number of rotatable bonds is 9. The highest BCUT2D eigenvalue weighted by Gasteiger charge is 2.45. The third kappa shape index (κ3) is 5.03. The molecule has 0 saturated carbocycles. The van der Waals surface area contributed by atoms with Crippen molar-refractivity contribution >= 4 is 17.4 Å². The summed E-state index contributed by atoms with van der Waals surface area (Å²) in [6.45, 7) is 5.18. The first-order valence-electron chi connectivity index (χ1n) is 10.3. The topological polar surface area (TPSA) is 70.1 Å². The number of benzene rings is 2. The molecule has 0 radical (unpaired) electrons. The molecule has 1 aliphatic heterocycles. The van der Waals surface area contributed by atoms with E-state index in [2.05, 4.69) is 6.58 Å². The van der Waals surface area contributed by atoms with Crippen molar-refractivity contribution in [2.24, 2.45) is 0 Å². The lowest BCUT2D eigenvalue weighted by Crippen LogP contribution is -2.32. The number of amides is 1. The molecule has 1 fully saturated rings. The van der Waals surface area contributed by atoms with Crippen LogP contribution < -0.4 is 4.74 Å². The maximum atomic E-state index is 13.0. The van der Waals surface area contributed by atoms with E-state index in [9.17, 15) is 14.7 Å². The fourth-order valence-electron chi connectivity index (χ4n) is 3.70. The third-order valence-corrected chi connectivity index (χ3v) is 5.13. The summed E-state index contributed by atoms with van der Waals surface area (Å²) in [5, 5.41) is 11.0. The molecule has 0 spiro atoms. The number of aliphatic hydroxyl groups excluding tert-OH is 1. The summed E-state index contributed by atoms with van der Waals surface area (Å²) in [5.41, 5.74) is 1.31. The molecule has 31 heavy (non-hydrogen) atoms. The molecule has 1 atom stereocenters. The number of ether oxygens (including phenoxy) is 1. The van der Waals surface area contributed by atoms with Gasteiger partial charge in [0.05, 0.1) is 11.6 Å². The van der Waals surface area contributed by atoms with Crippen LogP contribution >= 0.6 is 0 Å². The lowest BCUT2D eigenvalue weighted by Gasteiger charge is -2.26. The number of hydrogen-bond acceptors (Lipinski definition) is 5. The van der Waals surface area contributed by atoms with Crippen molar-refractivity contribution in [3.8, 4) is 5.75 Å². The molecule has 2 aromatic rings. The first kappa shape index (κ1) is 22.3. The van der Waals surface area contributed by atoms with Gasteiger partial charge in [0.15, 0.2) is 0 Å². The van der Waals surface area contributed by atoms with Gasteiger partial charge in [0.1, 0.15) is 18.1 Å². The Morgan fingerprint density at radius 3 is 2.58 bits per heavy atom. The molecule has 162 valence electrons. The largest absolute Gasteiger partial charge is 0.507 e. The Balaban J connectivity index is 2.07. The average Bonchev–Trinajstić information content (AvgIpc) is 3.03. The lowest BCUT2D eigenvalue weighted by molar-refractivity contribution is -0.139. The van der Waals surface area contributed by atoms with Gasteiger partial charge in [-0.05, 0) is 44.8 Å². The Labute approximate surface area is 183 Å². The zero-order chi connectivity index (χ0) is 22.4. The van der Waals surface area contributed by atoms with Gasteiger partial charge in [0, 0.05) is 12.1 Å². The van der Waals surface area contributed by atoms with Crippen molar-refractivity contribution in [3.05, 3.63) is 84.0 Å². The van der Waals surface area contributed by atoms with E-state index in [-0.39, 0.29) is 11.3 Å². The number of nitrogens with zero attached hydrogens (tertiary/aromatic N) is 2. The van der Waals surface area contributed by atoms with E-state index in [1.165, 1.54) is 0 Å². The van der Waals surface area contributed by atoms with E-state index >= 15 is 0 Å². The molecule has 3 rings (SSSR count). The van der Waals surface area contributed by atoms with Gasteiger partial charge in [-0.25, -0.2) is 0 Å². The van der Waals surface area contributed by atoms with E-state index in [0.717, 1.165) is 6.54 Å². The molecule has 0 aliphatic carbocycles. The summed E-state index contributed by atoms with van der Waals surface area (Å²) in [6, 6.07) is 15.4. The van der Waals surface area contributed by atoms with Crippen LogP contribution in [0.4, 0.5) is 0 Å². The number of carbonyl (C=O) groups is 2. The summed E-state index contributed by atoms with van der Waals surface area (Å²) in [6.07, 6.45) is 2.35. The minimum absolute atomic E-state index is 0.0990. The predicted octanol–water partition coefficient (Wildman–Crippen LogP) is 3.62. The van der Waals surface area contributed by atoms with E-state index < -0.39 is 17.7 Å². The molecule has 1 unspecified atom stereocenters. The van der Waals surface area contributed by atoms with Crippen LogP contribution in [0.1, 0.15) is 23.6 Å². The Morgan fingerprint density at radius 1 is 1.16 bits per heavy atom. The molecule has 1 aliphatic rings. The number of aliphatic hydroxyl groups is 1.